The first-order valence-electron chi connectivity index (χ1n) is 8.58. The van der Waals surface area contributed by atoms with Gasteiger partial charge >= 0.3 is 0 Å². The third-order valence-electron chi connectivity index (χ3n) is 4.06. The summed E-state index contributed by atoms with van der Waals surface area (Å²) in [7, 11) is 0. The van der Waals surface area contributed by atoms with Gasteiger partial charge in [0.2, 0.25) is 0 Å². The lowest BCUT2D eigenvalue weighted by molar-refractivity contribution is 0.0997. The van der Waals surface area contributed by atoms with Crippen LogP contribution in [0, 0.1) is 0 Å². The zero-order valence-corrected chi connectivity index (χ0v) is 15.4. The smallest absolute Gasteiger partial charge is 0.254 e. The number of pyridine rings is 1. The van der Waals surface area contributed by atoms with E-state index in [1.807, 2.05) is 48.5 Å². The van der Waals surface area contributed by atoms with Crippen LogP contribution >= 0.6 is 11.6 Å². The standard InChI is InChI=1S/C21H20ClN3O2/c22-19-4-2-1-3-16(19)9-11-24-13-15-5-7-17(8-6-15)27-20-10-12-25-14-18(20)21(23)26/h1-8,10,12,14,24H,9,11,13H2,(H2,23,26). The van der Waals surface area contributed by atoms with Crippen molar-refractivity contribution in [3.8, 4) is 11.5 Å². The molecule has 3 aromatic rings. The van der Waals surface area contributed by atoms with Crippen molar-refractivity contribution in [1.82, 2.24) is 10.3 Å². The number of hydrogen-bond donors (Lipinski definition) is 2. The fraction of sp³-hybridized carbons (Fsp3) is 0.143. The Morgan fingerprint density at radius 2 is 1.89 bits per heavy atom. The van der Waals surface area contributed by atoms with Crippen molar-refractivity contribution in [2.24, 2.45) is 5.73 Å². The minimum atomic E-state index is -0.572. The molecule has 0 fully saturated rings. The first-order chi connectivity index (χ1) is 13.1. The number of carbonyl (C=O) groups is 1. The maximum absolute atomic E-state index is 11.4. The highest BCUT2D eigenvalue weighted by molar-refractivity contribution is 6.31. The zero-order valence-electron chi connectivity index (χ0n) is 14.7. The molecule has 0 unspecified atom stereocenters. The lowest BCUT2D eigenvalue weighted by atomic mass is 10.1. The maximum atomic E-state index is 11.4. The third kappa shape index (κ3) is 5.29. The van der Waals surface area contributed by atoms with Gasteiger partial charge in [0.15, 0.2) is 0 Å². The SMILES string of the molecule is NC(=O)c1cnccc1Oc1ccc(CNCCc2ccccc2Cl)cc1. The second-order valence-corrected chi connectivity index (χ2v) is 6.41. The molecule has 0 spiro atoms. The monoisotopic (exact) mass is 381 g/mol. The number of carbonyl (C=O) groups excluding carboxylic acids is 1. The van der Waals surface area contributed by atoms with Crippen LogP contribution in [0.5, 0.6) is 11.5 Å². The molecular formula is C21H20ClN3O2. The molecule has 3 N–H and O–H groups in total. The molecule has 138 valence electrons. The Hall–Kier alpha value is -2.89. The van der Waals surface area contributed by atoms with E-state index in [-0.39, 0.29) is 5.56 Å². The van der Waals surface area contributed by atoms with Gasteiger partial charge in [0.1, 0.15) is 17.1 Å². The van der Waals surface area contributed by atoms with Gasteiger partial charge < -0.3 is 15.8 Å². The molecule has 27 heavy (non-hydrogen) atoms. The minimum absolute atomic E-state index is 0.253. The average molecular weight is 382 g/mol. The van der Waals surface area contributed by atoms with E-state index in [1.165, 1.54) is 6.20 Å². The fourth-order valence-electron chi connectivity index (χ4n) is 2.61. The van der Waals surface area contributed by atoms with Crippen molar-refractivity contribution in [2.45, 2.75) is 13.0 Å². The van der Waals surface area contributed by atoms with Gasteiger partial charge in [-0.15, -0.1) is 0 Å². The average Bonchev–Trinajstić information content (AvgIpc) is 2.68. The van der Waals surface area contributed by atoms with Crippen LogP contribution < -0.4 is 15.8 Å². The molecule has 2 aromatic carbocycles. The predicted octanol–water partition coefficient (Wildman–Crippen LogP) is 3.96. The van der Waals surface area contributed by atoms with Crippen molar-refractivity contribution < 1.29 is 9.53 Å². The van der Waals surface area contributed by atoms with Crippen LogP contribution in [0.2, 0.25) is 5.02 Å². The Morgan fingerprint density at radius 3 is 2.63 bits per heavy atom. The second kappa shape index (κ2) is 9.16. The van der Waals surface area contributed by atoms with Gasteiger partial charge in [-0.25, -0.2) is 0 Å². The normalized spacial score (nSPS) is 10.6. The van der Waals surface area contributed by atoms with Crippen LogP contribution in [0.4, 0.5) is 0 Å². The highest BCUT2D eigenvalue weighted by atomic mass is 35.5. The van der Waals surface area contributed by atoms with Gasteiger partial charge in [-0.3, -0.25) is 9.78 Å². The number of primary amides is 1. The molecule has 0 bridgehead atoms. The predicted molar refractivity (Wildman–Crippen MR) is 106 cm³/mol. The van der Waals surface area contributed by atoms with Gasteiger partial charge in [-0.2, -0.15) is 0 Å². The first kappa shape index (κ1) is 18.9. The van der Waals surface area contributed by atoms with Gasteiger partial charge in [0.05, 0.1) is 0 Å². The number of ether oxygens (including phenoxy) is 1. The Kier molecular flexibility index (Phi) is 6.41. The molecule has 0 atom stereocenters. The van der Waals surface area contributed by atoms with Gasteiger partial charge in [-0.1, -0.05) is 41.9 Å². The molecule has 0 aliphatic heterocycles. The zero-order chi connectivity index (χ0) is 19.1. The molecule has 0 saturated carbocycles. The van der Waals surface area contributed by atoms with Crippen LogP contribution in [-0.2, 0) is 13.0 Å². The van der Waals surface area contributed by atoms with E-state index in [4.69, 9.17) is 22.1 Å². The van der Waals surface area contributed by atoms with Crippen LogP contribution in [-0.4, -0.2) is 17.4 Å². The van der Waals surface area contributed by atoms with E-state index < -0.39 is 5.91 Å². The summed E-state index contributed by atoms with van der Waals surface area (Å²) >= 11 is 6.16. The summed E-state index contributed by atoms with van der Waals surface area (Å²) in [6.45, 7) is 1.58. The molecule has 5 nitrogen and oxygen atoms in total. The summed E-state index contributed by atoms with van der Waals surface area (Å²) in [5.74, 6) is 0.448. The Labute approximate surface area is 163 Å². The first-order valence-corrected chi connectivity index (χ1v) is 8.96. The minimum Gasteiger partial charge on any atom is -0.456 e. The van der Waals surface area contributed by atoms with E-state index in [1.54, 1.807) is 12.3 Å². The number of aromatic nitrogens is 1. The molecule has 0 radical (unpaired) electrons. The quantitative estimate of drug-likeness (QED) is 0.579. The number of halogens is 1. The summed E-state index contributed by atoms with van der Waals surface area (Å²) in [6.07, 6.45) is 3.83. The van der Waals surface area contributed by atoms with Crippen LogP contribution in [0.25, 0.3) is 0 Å². The summed E-state index contributed by atoms with van der Waals surface area (Å²) in [4.78, 5) is 15.3. The van der Waals surface area contributed by atoms with Crippen LogP contribution in [0.1, 0.15) is 21.5 Å². The number of rotatable bonds is 8. The largest absolute Gasteiger partial charge is 0.456 e. The van der Waals surface area contributed by atoms with Crippen molar-refractivity contribution in [3.05, 3.63) is 88.7 Å². The fourth-order valence-corrected chi connectivity index (χ4v) is 2.85. The summed E-state index contributed by atoms with van der Waals surface area (Å²) < 4.78 is 5.75. The Bertz CT molecular complexity index is 913. The molecule has 6 heteroatoms. The number of nitrogens with zero attached hydrogens (tertiary/aromatic N) is 1. The summed E-state index contributed by atoms with van der Waals surface area (Å²) in [6, 6.07) is 17.1. The topological polar surface area (TPSA) is 77.2 Å². The molecule has 0 aliphatic rings. The van der Waals surface area contributed by atoms with E-state index >= 15 is 0 Å². The number of hydrogen-bond acceptors (Lipinski definition) is 4. The van der Waals surface area contributed by atoms with Crippen molar-refractivity contribution in [3.63, 3.8) is 0 Å². The highest BCUT2D eigenvalue weighted by Crippen LogP contribution is 2.24. The van der Waals surface area contributed by atoms with Crippen molar-refractivity contribution in [2.75, 3.05) is 6.54 Å². The highest BCUT2D eigenvalue weighted by Gasteiger charge is 2.10. The number of amides is 1. The maximum Gasteiger partial charge on any atom is 0.254 e. The van der Waals surface area contributed by atoms with Crippen LogP contribution in [0.15, 0.2) is 67.0 Å². The van der Waals surface area contributed by atoms with E-state index in [0.29, 0.717) is 11.5 Å². The van der Waals surface area contributed by atoms with E-state index in [9.17, 15) is 4.79 Å². The van der Waals surface area contributed by atoms with Gasteiger partial charge in [-0.05, 0) is 48.4 Å². The molecule has 1 heterocycles. The third-order valence-corrected chi connectivity index (χ3v) is 4.42. The van der Waals surface area contributed by atoms with Gasteiger partial charge in [0.25, 0.3) is 5.91 Å². The lowest BCUT2D eigenvalue weighted by Gasteiger charge is -2.10. The van der Waals surface area contributed by atoms with Crippen molar-refractivity contribution in [1.29, 1.82) is 0 Å². The summed E-state index contributed by atoms with van der Waals surface area (Å²) in [5, 5.41) is 4.20. The van der Waals surface area contributed by atoms with E-state index in [0.717, 1.165) is 35.7 Å². The van der Waals surface area contributed by atoms with Crippen molar-refractivity contribution >= 4 is 17.5 Å². The number of benzene rings is 2. The molecular weight excluding hydrogens is 362 g/mol. The number of nitrogens with one attached hydrogen (secondary N) is 1. The van der Waals surface area contributed by atoms with Gasteiger partial charge in [0, 0.05) is 24.0 Å². The molecule has 1 amide bonds. The Balaban J connectivity index is 1.52. The molecule has 3 rings (SSSR count). The summed E-state index contributed by atoms with van der Waals surface area (Å²) in [5.41, 5.74) is 7.86. The second-order valence-electron chi connectivity index (χ2n) is 6.00. The van der Waals surface area contributed by atoms with Crippen LogP contribution in [0.3, 0.4) is 0 Å². The van der Waals surface area contributed by atoms with E-state index in [2.05, 4.69) is 10.3 Å². The lowest BCUT2D eigenvalue weighted by Crippen LogP contribution is -2.16. The Morgan fingerprint density at radius 1 is 1.11 bits per heavy atom. The number of nitrogens with two attached hydrogens (primary N) is 1. The molecule has 1 aromatic heterocycles. The molecule has 0 saturated heterocycles. The molecule has 0 aliphatic carbocycles.